The lowest BCUT2D eigenvalue weighted by atomic mass is 10.3. The van der Waals surface area contributed by atoms with E-state index in [0.717, 1.165) is 38.7 Å². The van der Waals surface area contributed by atoms with Crippen molar-refractivity contribution in [3.63, 3.8) is 0 Å². The molecule has 0 bridgehead atoms. The number of hydrogen-bond acceptors (Lipinski definition) is 4. The van der Waals surface area contributed by atoms with Crippen molar-refractivity contribution >= 4 is 11.9 Å². The minimum atomic E-state index is -0.155. The number of aliphatic imine (C=N–C) groups is 1. The maximum absolute atomic E-state index is 11.2. The summed E-state index contributed by atoms with van der Waals surface area (Å²) in [7, 11) is 0. The first kappa shape index (κ1) is 18.7. The van der Waals surface area contributed by atoms with Gasteiger partial charge in [-0.1, -0.05) is 0 Å². The third-order valence-corrected chi connectivity index (χ3v) is 2.42. The van der Waals surface area contributed by atoms with Gasteiger partial charge in [-0.25, -0.2) is 0 Å². The summed E-state index contributed by atoms with van der Waals surface area (Å²) in [4.78, 5) is 15.6. The zero-order valence-electron chi connectivity index (χ0n) is 13.0. The molecule has 0 aromatic heterocycles. The summed E-state index contributed by atoms with van der Waals surface area (Å²) < 4.78 is 10.1. The molecule has 0 atom stereocenters. The molecule has 0 saturated carbocycles. The predicted octanol–water partition coefficient (Wildman–Crippen LogP) is 1.31. The van der Waals surface area contributed by atoms with Crippen LogP contribution < -0.4 is 10.6 Å². The molecule has 6 nitrogen and oxygen atoms in total. The lowest BCUT2D eigenvalue weighted by Crippen LogP contribution is -2.38. The van der Waals surface area contributed by atoms with Crippen LogP contribution in [0.4, 0.5) is 0 Å². The van der Waals surface area contributed by atoms with E-state index < -0.39 is 0 Å². The third-order valence-electron chi connectivity index (χ3n) is 2.42. The highest BCUT2D eigenvalue weighted by atomic mass is 16.5. The average Bonchev–Trinajstić information content (AvgIpc) is 2.43. The fourth-order valence-corrected chi connectivity index (χ4v) is 1.51. The highest BCUT2D eigenvalue weighted by Gasteiger charge is 2.01. The lowest BCUT2D eigenvalue weighted by Gasteiger charge is -2.11. The Hall–Kier alpha value is -1.30. The number of esters is 1. The van der Waals surface area contributed by atoms with Crippen LogP contribution in [0.3, 0.4) is 0 Å². The van der Waals surface area contributed by atoms with Crippen LogP contribution >= 0.6 is 0 Å². The van der Waals surface area contributed by atoms with E-state index in [-0.39, 0.29) is 5.97 Å². The van der Waals surface area contributed by atoms with Crippen LogP contribution in [0.2, 0.25) is 0 Å². The molecule has 0 unspecified atom stereocenters. The van der Waals surface area contributed by atoms with Crippen molar-refractivity contribution in [3.05, 3.63) is 0 Å². The number of carbonyl (C=O) groups excluding carboxylic acids is 1. The standard InChI is InChI=1S/C14H29N3O3/c1-4-15-14(17-11-8-12-19-5-2)16-10-7-9-13(18)20-6-3/h4-12H2,1-3H3,(H2,15,16,17). The Morgan fingerprint density at radius 2 is 1.90 bits per heavy atom. The van der Waals surface area contributed by atoms with Crippen LogP contribution in [0.25, 0.3) is 0 Å². The quantitative estimate of drug-likeness (QED) is 0.259. The Balaban J connectivity index is 3.80. The summed E-state index contributed by atoms with van der Waals surface area (Å²) in [5.41, 5.74) is 0. The van der Waals surface area contributed by atoms with Crippen molar-refractivity contribution < 1.29 is 14.3 Å². The Kier molecular flexibility index (Phi) is 13.2. The second-order valence-corrected chi connectivity index (χ2v) is 4.15. The van der Waals surface area contributed by atoms with Crippen LogP contribution in [-0.2, 0) is 14.3 Å². The van der Waals surface area contributed by atoms with Gasteiger partial charge in [0.15, 0.2) is 5.96 Å². The molecule has 0 saturated heterocycles. The summed E-state index contributed by atoms with van der Waals surface area (Å²) in [5.74, 6) is 0.630. The first-order valence-corrected chi connectivity index (χ1v) is 7.50. The molecule has 0 spiro atoms. The molecule has 0 rings (SSSR count). The largest absolute Gasteiger partial charge is 0.466 e. The van der Waals surface area contributed by atoms with Crippen molar-refractivity contribution in [2.45, 2.75) is 40.0 Å². The summed E-state index contributed by atoms with van der Waals surface area (Å²) in [6.07, 6.45) is 2.07. The number of guanidine groups is 1. The van der Waals surface area contributed by atoms with Crippen molar-refractivity contribution in [1.29, 1.82) is 0 Å². The molecule has 0 radical (unpaired) electrons. The molecule has 0 aromatic rings. The number of rotatable bonds is 11. The van der Waals surface area contributed by atoms with Gasteiger partial charge in [0.2, 0.25) is 0 Å². The van der Waals surface area contributed by atoms with Crippen molar-refractivity contribution in [2.75, 3.05) is 39.5 Å². The van der Waals surface area contributed by atoms with Crippen molar-refractivity contribution in [2.24, 2.45) is 4.99 Å². The molecule has 0 fully saturated rings. The van der Waals surface area contributed by atoms with E-state index in [1.165, 1.54) is 0 Å². The summed E-state index contributed by atoms with van der Waals surface area (Å²) >= 11 is 0. The average molecular weight is 287 g/mol. The number of ether oxygens (including phenoxy) is 2. The Bertz CT molecular complexity index is 270. The van der Waals surface area contributed by atoms with Gasteiger partial charge in [-0.05, 0) is 33.6 Å². The molecule has 0 aliphatic heterocycles. The van der Waals surface area contributed by atoms with Crippen molar-refractivity contribution in [1.82, 2.24) is 10.6 Å². The molecule has 0 amide bonds. The fourth-order valence-electron chi connectivity index (χ4n) is 1.51. The Morgan fingerprint density at radius 1 is 1.10 bits per heavy atom. The zero-order valence-corrected chi connectivity index (χ0v) is 13.0. The molecule has 0 aliphatic rings. The smallest absolute Gasteiger partial charge is 0.305 e. The summed E-state index contributed by atoms with van der Waals surface area (Å²) in [5, 5.41) is 6.40. The van der Waals surface area contributed by atoms with Gasteiger partial charge in [0.1, 0.15) is 0 Å². The highest BCUT2D eigenvalue weighted by Crippen LogP contribution is 1.93. The molecule has 20 heavy (non-hydrogen) atoms. The van der Waals surface area contributed by atoms with Gasteiger partial charge in [0, 0.05) is 39.3 Å². The lowest BCUT2D eigenvalue weighted by molar-refractivity contribution is -0.143. The SMILES string of the molecule is CCNC(=NCCCC(=O)OCC)NCCCOCC. The van der Waals surface area contributed by atoms with Gasteiger partial charge in [0.25, 0.3) is 0 Å². The van der Waals surface area contributed by atoms with E-state index in [1.54, 1.807) is 0 Å². The molecule has 118 valence electrons. The molecule has 0 aromatic carbocycles. The number of nitrogens with one attached hydrogen (secondary N) is 2. The van der Waals surface area contributed by atoms with Crippen LogP contribution in [0.15, 0.2) is 4.99 Å². The number of nitrogens with zero attached hydrogens (tertiary/aromatic N) is 1. The number of hydrogen-bond donors (Lipinski definition) is 2. The first-order valence-electron chi connectivity index (χ1n) is 7.50. The summed E-state index contributed by atoms with van der Waals surface area (Å²) in [6.45, 7) is 10.0. The van der Waals surface area contributed by atoms with E-state index in [0.29, 0.717) is 26.0 Å². The second kappa shape index (κ2) is 14.1. The topological polar surface area (TPSA) is 72.0 Å². The van der Waals surface area contributed by atoms with E-state index >= 15 is 0 Å². The molecular weight excluding hydrogens is 258 g/mol. The molecule has 0 aliphatic carbocycles. The van der Waals surface area contributed by atoms with Crippen LogP contribution in [0, 0.1) is 0 Å². The van der Waals surface area contributed by atoms with E-state index in [4.69, 9.17) is 9.47 Å². The second-order valence-electron chi connectivity index (χ2n) is 4.15. The van der Waals surface area contributed by atoms with Gasteiger partial charge in [-0.3, -0.25) is 9.79 Å². The van der Waals surface area contributed by atoms with Gasteiger partial charge in [-0.2, -0.15) is 0 Å². The highest BCUT2D eigenvalue weighted by molar-refractivity contribution is 5.79. The van der Waals surface area contributed by atoms with E-state index in [9.17, 15) is 4.79 Å². The Labute approximate surface area is 122 Å². The van der Waals surface area contributed by atoms with Gasteiger partial charge in [0.05, 0.1) is 6.61 Å². The zero-order chi connectivity index (χ0) is 15.1. The predicted molar refractivity (Wildman–Crippen MR) is 81.0 cm³/mol. The normalized spacial score (nSPS) is 11.2. The molecular formula is C14H29N3O3. The number of carbonyl (C=O) groups is 1. The first-order chi connectivity index (χ1) is 9.74. The van der Waals surface area contributed by atoms with E-state index in [2.05, 4.69) is 15.6 Å². The van der Waals surface area contributed by atoms with Crippen molar-refractivity contribution in [3.8, 4) is 0 Å². The summed E-state index contributed by atoms with van der Waals surface area (Å²) in [6, 6.07) is 0. The van der Waals surface area contributed by atoms with Crippen LogP contribution in [0.5, 0.6) is 0 Å². The van der Waals surface area contributed by atoms with Gasteiger partial charge in [-0.15, -0.1) is 0 Å². The molecule has 0 heterocycles. The van der Waals surface area contributed by atoms with E-state index in [1.807, 2.05) is 20.8 Å². The Morgan fingerprint density at radius 3 is 2.55 bits per heavy atom. The fraction of sp³-hybridized carbons (Fsp3) is 0.857. The minimum absolute atomic E-state index is 0.155. The molecule has 6 heteroatoms. The maximum atomic E-state index is 11.2. The van der Waals surface area contributed by atoms with Crippen LogP contribution in [0.1, 0.15) is 40.0 Å². The molecule has 2 N–H and O–H groups in total. The maximum Gasteiger partial charge on any atom is 0.305 e. The minimum Gasteiger partial charge on any atom is -0.466 e. The van der Waals surface area contributed by atoms with Gasteiger partial charge < -0.3 is 20.1 Å². The monoisotopic (exact) mass is 287 g/mol. The third kappa shape index (κ3) is 11.8. The van der Waals surface area contributed by atoms with Gasteiger partial charge >= 0.3 is 5.97 Å². The van der Waals surface area contributed by atoms with Crippen LogP contribution in [-0.4, -0.2) is 51.4 Å².